The van der Waals surface area contributed by atoms with Gasteiger partial charge in [-0.3, -0.25) is 0 Å². The van der Waals surface area contributed by atoms with Crippen LogP contribution >= 0.6 is 15.9 Å². The van der Waals surface area contributed by atoms with Crippen molar-refractivity contribution in [3.05, 3.63) is 28.8 Å². The van der Waals surface area contributed by atoms with Gasteiger partial charge in [0.05, 0.1) is 16.4 Å². The Bertz CT molecular complexity index is 451. The van der Waals surface area contributed by atoms with Crippen LogP contribution in [-0.2, 0) is 6.54 Å². The Morgan fingerprint density at radius 2 is 2.44 bits per heavy atom. The van der Waals surface area contributed by atoms with Crippen LogP contribution in [0.15, 0.2) is 27.5 Å². The number of hydrogen-bond donors (Lipinski definition) is 1. The number of nitrogens with one attached hydrogen (secondary N) is 1. The number of nitrogens with zero attached hydrogens (tertiary/aromatic N) is 3. The lowest BCUT2D eigenvalue weighted by Crippen LogP contribution is -2.14. The lowest BCUT2D eigenvalue weighted by Gasteiger charge is -1.97. The van der Waals surface area contributed by atoms with Crippen molar-refractivity contribution in [2.45, 2.75) is 19.9 Å². The minimum absolute atomic E-state index is 0.485. The molecule has 0 aliphatic rings. The first kappa shape index (κ1) is 11.3. The quantitative estimate of drug-likeness (QED) is 0.855. The molecule has 86 valence electrons. The van der Waals surface area contributed by atoms with E-state index in [4.69, 9.17) is 4.42 Å². The van der Waals surface area contributed by atoms with Gasteiger partial charge in [-0.05, 0) is 28.9 Å². The van der Waals surface area contributed by atoms with E-state index >= 15 is 0 Å². The summed E-state index contributed by atoms with van der Waals surface area (Å²) in [6.07, 6.45) is 6.25. The molecule has 16 heavy (non-hydrogen) atoms. The minimum atomic E-state index is 0.485. The van der Waals surface area contributed by atoms with Gasteiger partial charge < -0.3 is 9.73 Å². The van der Waals surface area contributed by atoms with Crippen molar-refractivity contribution in [3.63, 3.8) is 0 Å². The van der Waals surface area contributed by atoms with E-state index in [0.29, 0.717) is 6.01 Å². The summed E-state index contributed by atoms with van der Waals surface area (Å²) >= 11 is 3.32. The molecule has 0 aliphatic heterocycles. The van der Waals surface area contributed by atoms with E-state index in [2.05, 4.69) is 38.3 Å². The summed E-state index contributed by atoms with van der Waals surface area (Å²) < 4.78 is 7.81. The van der Waals surface area contributed by atoms with E-state index in [1.54, 1.807) is 23.3 Å². The van der Waals surface area contributed by atoms with Gasteiger partial charge in [0.25, 0.3) is 0 Å². The smallest absolute Gasteiger partial charge is 0.322 e. The summed E-state index contributed by atoms with van der Waals surface area (Å²) in [7, 11) is 0. The third-order valence-electron chi connectivity index (χ3n) is 2.02. The fourth-order valence-corrected chi connectivity index (χ4v) is 1.57. The van der Waals surface area contributed by atoms with Crippen LogP contribution in [0.25, 0.3) is 6.01 Å². The molecule has 0 fully saturated rings. The van der Waals surface area contributed by atoms with Gasteiger partial charge in [-0.25, -0.2) is 0 Å². The largest absolute Gasteiger partial charge is 0.430 e. The zero-order valence-corrected chi connectivity index (χ0v) is 10.6. The predicted octanol–water partition coefficient (Wildman–Crippen LogP) is 2.12. The van der Waals surface area contributed by atoms with Crippen LogP contribution in [0.4, 0.5) is 0 Å². The van der Waals surface area contributed by atoms with E-state index in [-0.39, 0.29) is 0 Å². The van der Waals surface area contributed by atoms with Crippen molar-refractivity contribution in [1.82, 2.24) is 20.1 Å². The maximum Gasteiger partial charge on any atom is 0.322 e. The Morgan fingerprint density at radius 3 is 3.12 bits per heavy atom. The molecule has 0 spiro atoms. The van der Waals surface area contributed by atoms with Crippen LogP contribution in [0, 0.1) is 0 Å². The molecule has 0 unspecified atom stereocenters. The summed E-state index contributed by atoms with van der Waals surface area (Å²) in [5.41, 5.74) is 0.884. The molecule has 2 aromatic rings. The number of oxazole rings is 1. The Labute approximate surface area is 102 Å². The van der Waals surface area contributed by atoms with Gasteiger partial charge in [-0.2, -0.15) is 14.8 Å². The normalized spacial score (nSPS) is 10.9. The zero-order chi connectivity index (χ0) is 11.4. The maximum absolute atomic E-state index is 5.32. The molecule has 0 bridgehead atoms. The van der Waals surface area contributed by atoms with Crippen molar-refractivity contribution in [2.75, 3.05) is 6.54 Å². The van der Waals surface area contributed by atoms with Gasteiger partial charge >= 0.3 is 6.01 Å². The molecule has 0 atom stereocenters. The molecule has 2 aromatic heterocycles. The number of hydrogen-bond acceptors (Lipinski definition) is 4. The fraction of sp³-hybridized carbons (Fsp3) is 0.400. The summed E-state index contributed by atoms with van der Waals surface area (Å²) in [6.45, 7) is 3.83. The van der Waals surface area contributed by atoms with Crippen molar-refractivity contribution in [2.24, 2.45) is 0 Å². The molecule has 0 aliphatic carbocycles. The van der Waals surface area contributed by atoms with Crippen molar-refractivity contribution in [3.8, 4) is 6.01 Å². The molecule has 0 radical (unpaired) electrons. The van der Waals surface area contributed by atoms with Crippen LogP contribution in [-0.4, -0.2) is 21.3 Å². The first-order valence-corrected chi connectivity index (χ1v) is 5.94. The Hall–Kier alpha value is -1.14. The van der Waals surface area contributed by atoms with Crippen molar-refractivity contribution >= 4 is 15.9 Å². The number of rotatable bonds is 5. The molecule has 5 nitrogen and oxygen atoms in total. The second kappa shape index (κ2) is 5.27. The van der Waals surface area contributed by atoms with E-state index < -0.39 is 0 Å². The van der Waals surface area contributed by atoms with E-state index in [9.17, 15) is 0 Å². The van der Waals surface area contributed by atoms with Crippen LogP contribution in [0.2, 0.25) is 0 Å². The minimum Gasteiger partial charge on any atom is -0.430 e. The third-order valence-corrected chi connectivity index (χ3v) is 2.43. The summed E-state index contributed by atoms with van der Waals surface area (Å²) in [5, 5.41) is 7.35. The maximum atomic E-state index is 5.32. The highest BCUT2D eigenvalue weighted by molar-refractivity contribution is 9.10. The fourth-order valence-electron chi connectivity index (χ4n) is 1.28. The highest BCUT2D eigenvalue weighted by Gasteiger charge is 2.06. The first-order chi connectivity index (χ1) is 7.79. The van der Waals surface area contributed by atoms with Crippen LogP contribution in [0.5, 0.6) is 0 Å². The van der Waals surface area contributed by atoms with Crippen molar-refractivity contribution in [1.29, 1.82) is 0 Å². The van der Waals surface area contributed by atoms with Crippen LogP contribution in [0.3, 0.4) is 0 Å². The molecule has 1 N–H and O–H groups in total. The SMILES string of the molecule is CCCNCc1coc(-n2cc(Br)cn2)n1. The second-order valence-electron chi connectivity index (χ2n) is 3.40. The summed E-state index contributed by atoms with van der Waals surface area (Å²) in [6, 6.07) is 0.485. The molecule has 6 heteroatoms. The highest BCUT2D eigenvalue weighted by atomic mass is 79.9. The van der Waals surface area contributed by atoms with Gasteiger partial charge in [0, 0.05) is 12.7 Å². The van der Waals surface area contributed by atoms with Gasteiger partial charge in [-0.1, -0.05) is 6.92 Å². The molecular weight excluding hydrogens is 272 g/mol. The van der Waals surface area contributed by atoms with Gasteiger partial charge in [0.1, 0.15) is 6.26 Å². The highest BCUT2D eigenvalue weighted by Crippen LogP contribution is 2.12. The predicted molar refractivity (Wildman–Crippen MR) is 63.3 cm³/mol. The molecule has 0 aromatic carbocycles. The van der Waals surface area contributed by atoms with Crippen LogP contribution < -0.4 is 5.32 Å². The molecule has 2 heterocycles. The zero-order valence-electron chi connectivity index (χ0n) is 8.98. The number of aromatic nitrogens is 3. The monoisotopic (exact) mass is 284 g/mol. The van der Waals surface area contributed by atoms with E-state index in [0.717, 1.165) is 29.7 Å². The van der Waals surface area contributed by atoms with Crippen LogP contribution in [0.1, 0.15) is 19.0 Å². The van der Waals surface area contributed by atoms with E-state index in [1.165, 1.54) is 0 Å². The lowest BCUT2D eigenvalue weighted by molar-refractivity contribution is 0.509. The molecule has 0 saturated heterocycles. The summed E-state index contributed by atoms with van der Waals surface area (Å²) in [4.78, 5) is 4.32. The summed E-state index contributed by atoms with van der Waals surface area (Å²) in [5.74, 6) is 0. The third kappa shape index (κ3) is 2.70. The average Bonchev–Trinajstić information content (AvgIpc) is 2.87. The lowest BCUT2D eigenvalue weighted by atomic mass is 10.4. The molecular formula is C10H13BrN4O. The standard InChI is InChI=1S/C10H13BrN4O/c1-2-3-12-5-9-7-16-10(14-9)15-6-8(11)4-13-15/h4,6-7,12H,2-3,5H2,1H3. The number of halogens is 1. The molecule has 0 amide bonds. The van der Waals surface area contributed by atoms with Crippen molar-refractivity contribution < 1.29 is 4.42 Å². The first-order valence-electron chi connectivity index (χ1n) is 5.15. The molecule has 0 saturated carbocycles. The van der Waals surface area contributed by atoms with Gasteiger partial charge in [0.2, 0.25) is 0 Å². The van der Waals surface area contributed by atoms with Gasteiger partial charge in [-0.15, -0.1) is 0 Å². The molecule has 2 rings (SSSR count). The van der Waals surface area contributed by atoms with Gasteiger partial charge in [0.15, 0.2) is 0 Å². The Kier molecular flexibility index (Phi) is 3.74. The van der Waals surface area contributed by atoms with E-state index in [1.807, 2.05) is 0 Å². The Balaban J connectivity index is 2.02. The second-order valence-corrected chi connectivity index (χ2v) is 4.32. The topological polar surface area (TPSA) is 55.9 Å². The Morgan fingerprint density at radius 1 is 1.56 bits per heavy atom. The average molecular weight is 285 g/mol.